The molecule has 0 aliphatic carbocycles. The molecule has 0 unspecified atom stereocenters. The van der Waals surface area contributed by atoms with Gasteiger partial charge in [0.2, 0.25) is 0 Å². The van der Waals surface area contributed by atoms with Crippen molar-refractivity contribution in [2.75, 3.05) is 27.3 Å². The van der Waals surface area contributed by atoms with Gasteiger partial charge in [-0.3, -0.25) is 0 Å². The van der Waals surface area contributed by atoms with Gasteiger partial charge in [-0.05, 0) is 24.2 Å². The lowest BCUT2D eigenvalue weighted by Gasteiger charge is -2.09. The summed E-state index contributed by atoms with van der Waals surface area (Å²) in [5.41, 5.74) is 2.26. The molecular formula is C16H23N3O2. The van der Waals surface area contributed by atoms with Crippen molar-refractivity contribution in [3.63, 3.8) is 0 Å². The highest BCUT2D eigenvalue weighted by Crippen LogP contribution is 2.27. The van der Waals surface area contributed by atoms with E-state index in [-0.39, 0.29) is 0 Å². The van der Waals surface area contributed by atoms with Gasteiger partial charge in [-0.2, -0.15) is 0 Å². The number of rotatable bonds is 8. The molecule has 2 rings (SSSR count). The Bertz CT molecular complexity index is 566. The van der Waals surface area contributed by atoms with Gasteiger partial charge < -0.3 is 19.4 Å². The number of methoxy groups -OCH3 is 2. The minimum Gasteiger partial charge on any atom is -0.493 e. The second kappa shape index (κ2) is 7.69. The van der Waals surface area contributed by atoms with Crippen molar-refractivity contribution < 1.29 is 9.47 Å². The summed E-state index contributed by atoms with van der Waals surface area (Å²) in [5.74, 6) is 1.50. The molecule has 0 radical (unpaired) electrons. The molecule has 0 fully saturated rings. The van der Waals surface area contributed by atoms with Gasteiger partial charge in [-0.25, -0.2) is 4.98 Å². The Morgan fingerprint density at radius 3 is 2.71 bits per heavy atom. The minimum atomic E-state index is 0.748. The molecule has 5 heteroatoms. The molecule has 5 nitrogen and oxygen atoms in total. The predicted molar refractivity (Wildman–Crippen MR) is 83.1 cm³/mol. The molecule has 0 saturated carbocycles. The van der Waals surface area contributed by atoms with E-state index >= 15 is 0 Å². The van der Waals surface area contributed by atoms with Crippen molar-refractivity contribution in [3.8, 4) is 11.5 Å². The molecule has 0 saturated heterocycles. The van der Waals surface area contributed by atoms with Crippen LogP contribution in [0.5, 0.6) is 11.5 Å². The maximum Gasteiger partial charge on any atom is 0.161 e. The van der Waals surface area contributed by atoms with Crippen molar-refractivity contribution >= 4 is 0 Å². The maximum absolute atomic E-state index is 5.33. The van der Waals surface area contributed by atoms with E-state index in [4.69, 9.17) is 9.47 Å². The van der Waals surface area contributed by atoms with Crippen LogP contribution in [0.15, 0.2) is 30.7 Å². The quantitative estimate of drug-likeness (QED) is 0.756. The Morgan fingerprint density at radius 2 is 2.00 bits per heavy atom. The second-order valence-corrected chi connectivity index (χ2v) is 4.83. The third kappa shape index (κ3) is 4.23. The van der Waals surface area contributed by atoms with E-state index in [0.29, 0.717) is 0 Å². The fraction of sp³-hybridized carbons (Fsp3) is 0.438. The highest BCUT2D eigenvalue weighted by atomic mass is 16.5. The molecular weight excluding hydrogens is 266 g/mol. The molecule has 21 heavy (non-hydrogen) atoms. The molecule has 1 aromatic carbocycles. The van der Waals surface area contributed by atoms with Gasteiger partial charge in [0.25, 0.3) is 0 Å². The highest BCUT2D eigenvalue weighted by Gasteiger charge is 2.05. The van der Waals surface area contributed by atoms with Crippen LogP contribution in [0.3, 0.4) is 0 Å². The fourth-order valence-electron chi connectivity index (χ4n) is 2.21. The van der Waals surface area contributed by atoms with Gasteiger partial charge in [0, 0.05) is 25.7 Å². The number of ether oxygens (including phenoxy) is 2. The van der Waals surface area contributed by atoms with Gasteiger partial charge in [-0.1, -0.05) is 13.0 Å². The zero-order valence-electron chi connectivity index (χ0n) is 12.9. The van der Waals surface area contributed by atoms with E-state index in [1.807, 2.05) is 24.5 Å². The van der Waals surface area contributed by atoms with Crippen LogP contribution in [0.4, 0.5) is 0 Å². The first kappa shape index (κ1) is 15.4. The lowest BCUT2D eigenvalue weighted by molar-refractivity contribution is 0.354. The number of benzene rings is 1. The minimum absolute atomic E-state index is 0.748. The lowest BCUT2D eigenvalue weighted by atomic mass is 10.2. The Labute approximate surface area is 125 Å². The molecule has 1 heterocycles. The number of hydrogen-bond donors (Lipinski definition) is 1. The monoisotopic (exact) mass is 289 g/mol. The summed E-state index contributed by atoms with van der Waals surface area (Å²) in [7, 11) is 3.29. The third-order valence-corrected chi connectivity index (χ3v) is 3.31. The Hall–Kier alpha value is -2.01. The van der Waals surface area contributed by atoms with Crippen LogP contribution in [0.1, 0.15) is 18.2 Å². The number of hydrogen-bond acceptors (Lipinski definition) is 4. The van der Waals surface area contributed by atoms with Crippen LogP contribution in [-0.4, -0.2) is 36.9 Å². The number of nitrogens with one attached hydrogen (secondary N) is 1. The van der Waals surface area contributed by atoms with Crippen LogP contribution in [0, 0.1) is 0 Å². The maximum atomic E-state index is 5.33. The largest absolute Gasteiger partial charge is 0.493 e. The number of aromatic nitrogens is 2. The predicted octanol–water partition coefficient (Wildman–Crippen LogP) is 2.10. The summed E-state index contributed by atoms with van der Waals surface area (Å²) in [5, 5.41) is 3.30. The Morgan fingerprint density at radius 1 is 1.19 bits per heavy atom. The number of imidazole rings is 1. The lowest BCUT2D eigenvalue weighted by Crippen LogP contribution is -2.16. The standard InChI is InChI=1S/C16H23N3O2/c1-4-17-8-7-14-11-19(12-18-14)10-13-5-6-15(20-2)16(9-13)21-3/h5-6,9,11-12,17H,4,7-8,10H2,1-3H3. The van der Waals surface area contributed by atoms with Crippen molar-refractivity contribution in [2.24, 2.45) is 0 Å². The van der Waals surface area contributed by atoms with E-state index in [0.717, 1.165) is 48.8 Å². The van der Waals surface area contributed by atoms with E-state index in [1.54, 1.807) is 14.2 Å². The van der Waals surface area contributed by atoms with Crippen LogP contribution >= 0.6 is 0 Å². The Balaban J connectivity index is 2.01. The average Bonchev–Trinajstić information content (AvgIpc) is 2.95. The van der Waals surface area contributed by atoms with Gasteiger partial charge in [0.05, 0.1) is 26.2 Å². The van der Waals surface area contributed by atoms with Gasteiger partial charge >= 0.3 is 0 Å². The molecule has 0 aliphatic rings. The number of likely N-dealkylation sites (N-methyl/N-ethyl adjacent to an activating group) is 1. The molecule has 0 amide bonds. The first-order chi connectivity index (χ1) is 10.3. The molecule has 1 N–H and O–H groups in total. The van der Waals surface area contributed by atoms with Gasteiger partial charge in [-0.15, -0.1) is 0 Å². The third-order valence-electron chi connectivity index (χ3n) is 3.31. The van der Waals surface area contributed by atoms with Crippen LogP contribution in [0.25, 0.3) is 0 Å². The average molecular weight is 289 g/mol. The fourth-order valence-corrected chi connectivity index (χ4v) is 2.21. The van der Waals surface area contributed by atoms with Crippen molar-refractivity contribution in [1.29, 1.82) is 0 Å². The molecule has 0 bridgehead atoms. The van der Waals surface area contributed by atoms with E-state index in [9.17, 15) is 0 Å². The normalized spacial score (nSPS) is 10.6. The second-order valence-electron chi connectivity index (χ2n) is 4.83. The first-order valence-corrected chi connectivity index (χ1v) is 7.19. The Kier molecular flexibility index (Phi) is 5.63. The van der Waals surface area contributed by atoms with Crippen LogP contribution in [0.2, 0.25) is 0 Å². The van der Waals surface area contributed by atoms with E-state index in [2.05, 4.69) is 28.0 Å². The SMILES string of the molecule is CCNCCc1cn(Cc2ccc(OC)c(OC)c2)cn1. The summed E-state index contributed by atoms with van der Waals surface area (Å²) >= 11 is 0. The summed E-state index contributed by atoms with van der Waals surface area (Å²) in [4.78, 5) is 4.43. The van der Waals surface area contributed by atoms with Crippen LogP contribution in [-0.2, 0) is 13.0 Å². The molecule has 0 aliphatic heterocycles. The first-order valence-electron chi connectivity index (χ1n) is 7.19. The number of nitrogens with zero attached hydrogens (tertiary/aromatic N) is 2. The summed E-state index contributed by atoms with van der Waals surface area (Å²) in [6.07, 6.45) is 4.92. The van der Waals surface area contributed by atoms with E-state index < -0.39 is 0 Å². The van der Waals surface area contributed by atoms with Crippen LogP contribution < -0.4 is 14.8 Å². The zero-order chi connectivity index (χ0) is 15.1. The van der Waals surface area contributed by atoms with Gasteiger partial charge in [0.15, 0.2) is 11.5 Å². The molecule has 2 aromatic rings. The van der Waals surface area contributed by atoms with Gasteiger partial charge in [0.1, 0.15) is 0 Å². The van der Waals surface area contributed by atoms with Crippen molar-refractivity contribution in [2.45, 2.75) is 19.9 Å². The molecule has 114 valence electrons. The molecule has 0 atom stereocenters. The van der Waals surface area contributed by atoms with E-state index in [1.165, 1.54) is 0 Å². The smallest absolute Gasteiger partial charge is 0.161 e. The summed E-state index contributed by atoms with van der Waals surface area (Å²) < 4.78 is 12.7. The molecule has 0 spiro atoms. The van der Waals surface area contributed by atoms with Crippen molar-refractivity contribution in [1.82, 2.24) is 14.9 Å². The zero-order valence-corrected chi connectivity index (χ0v) is 12.9. The molecule has 1 aromatic heterocycles. The highest BCUT2D eigenvalue weighted by molar-refractivity contribution is 5.42. The summed E-state index contributed by atoms with van der Waals surface area (Å²) in [6.45, 7) is 4.83. The summed E-state index contributed by atoms with van der Waals surface area (Å²) in [6, 6.07) is 5.97. The van der Waals surface area contributed by atoms with Crippen molar-refractivity contribution in [3.05, 3.63) is 42.0 Å². The topological polar surface area (TPSA) is 48.3 Å².